The molecule has 158 valence electrons. The fourth-order valence-electron chi connectivity index (χ4n) is 4.54. The van der Waals surface area contributed by atoms with E-state index in [-0.39, 0.29) is 5.91 Å². The molecule has 0 saturated heterocycles. The van der Waals surface area contributed by atoms with Crippen LogP contribution < -0.4 is 19.7 Å². The van der Waals surface area contributed by atoms with Gasteiger partial charge in [-0.1, -0.05) is 6.92 Å². The first kappa shape index (κ1) is 20.7. The van der Waals surface area contributed by atoms with E-state index in [1.807, 2.05) is 12.1 Å². The van der Waals surface area contributed by atoms with Crippen molar-refractivity contribution in [2.24, 2.45) is 5.92 Å². The molecule has 1 aromatic carbocycles. The fraction of sp³-hybridized carbons (Fsp3) is 0.478. The van der Waals surface area contributed by atoms with Gasteiger partial charge in [0.25, 0.3) is 5.91 Å². The second-order valence-electron chi connectivity index (χ2n) is 8.30. The summed E-state index contributed by atoms with van der Waals surface area (Å²) < 4.78 is 10.8. The minimum Gasteiger partial charge on any atom is -0.493 e. The van der Waals surface area contributed by atoms with Gasteiger partial charge in [-0.15, -0.1) is 11.3 Å². The van der Waals surface area contributed by atoms with Gasteiger partial charge in [0, 0.05) is 16.9 Å². The highest BCUT2D eigenvalue weighted by Crippen LogP contribution is 2.39. The molecule has 0 fully saturated rings. The number of benzene rings is 1. The zero-order valence-corrected chi connectivity index (χ0v) is 18.6. The van der Waals surface area contributed by atoms with Crippen LogP contribution in [0.25, 0.3) is 0 Å². The SMILES string of the molecule is COc1cc2c(cc1OC)C[NH+](CC(=O)Nc1sc3c(c1C#N)CC[C@H](C)C3)CC2. The number of carbonyl (C=O) groups is 1. The van der Waals surface area contributed by atoms with Crippen LogP contribution in [0.4, 0.5) is 5.00 Å². The largest absolute Gasteiger partial charge is 0.493 e. The lowest BCUT2D eigenvalue weighted by atomic mass is 9.89. The lowest BCUT2D eigenvalue weighted by Gasteiger charge is -2.26. The summed E-state index contributed by atoms with van der Waals surface area (Å²) in [6, 6.07) is 6.39. The summed E-state index contributed by atoms with van der Waals surface area (Å²) in [4.78, 5) is 15.3. The smallest absolute Gasteiger partial charge is 0.280 e. The Balaban J connectivity index is 1.44. The third-order valence-corrected chi connectivity index (χ3v) is 7.35. The third-order valence-electron chi connectivity index (χ3n) is 6.18. The zero-order chi connectivity index (χ0) is 21.3. The molecule has 0 saturated carbocycles. The van der Waals surface area contributed by atoms with Crippen molar-refractivity contribution in [3.05, 3.63) is 39.3 Å². The molecule has 30 heavy (non-hydrogen) atoms. The summed E-state index contributed by atoms with van der Waals surface area (Å²) >= 11 is 1.58. The Hall–Kier alpha value is -2.56. The number of anilines is 1. The number of ether oxygens (including phenoxy) is 2. The van der Waals surface area contributed by atoms with E-state index in [9.17, 15) is 10.1 Å². The van der Waals surface area contributed by atoms with E-state index in [0.29, 0.717) is 18.0 Å². The molecule has 4 rings (SSSR count). The van der Waals surface area contributed by atoms with Crippen LogP contribution in [0.2, 0.25) is 0 Å². The second kappa shape index (κ2) is 8.66. The fourth-order valence-corrected chi connectivity index (χ4v) is 5.91. The molecule has 1 amide bonds. The van der Waals surface area contributed by atoms with Crippen LogP contribution in [0.3, 0.4) is 0 Å². The Bertz CT molecular complexity index is 1010. The van der Waals surface area contributed by atoms with Crippen LogP contribution in [0.1, 0.15) is 40.5 Å². The molecule has 1 aliphatic carbocycles. The molecular weight excluding hydrogens is 398 g/mol. The van der Waals surface area contributed by atoms with Crippen molar-refractivity contribution in [2.45, 2.75) is 39.2 Å². The Labute approximate surface area is 181 Å². The highest BCUT2D eigenvalue weighted by Gasteiger charge is 2.27. The van der Waals surface area contributed by atoms with E-state index in [4.69, 9.17) is 9.47 Å². The summed E-state index contributed by atoms with van der Waals surface area (Å²) in [7, 11) is 3.28. The van der Waals surface area contributed by atoms with E-state index in [1.165, 1.54) is 20.9 Å². The summed E-state index contributed by atoms with van der Waals surface area (Å²) in [6.07, 6.45) is 3.94. The van der Waals surface area contributed by atoms with Crippen LogP contribution in [0.15, 0.2) is 12.1 Å². The molecule has 1 aliphatic heterocycles. The molecule has 1 aromatic heterocycles. The molecule has 2 aliphatic rings. The van der Waals surface area contributed by atoms with Gasteiger partial charge in [0.1, 0.15) is 17.6 Å². The monoisotopic (exact) mass is 426 g/mol. The Morgan fingerprint density at radius 2 is 2.00 bits per heavy atom. The van der Waals surface area contributed by atoms with Crippen molar-refractivity contribution in [1.29, 1.82) is 5.26 Å². The van der Waals surface area contributed by atoms with E-state index < -0.39 is 0 Å². The highest BCUT2D eigenvalue weighted by molar-refractivity contribution is 7.16. The average molecular weight is 427 g/mol. The minimum absolute atomic E-state index is 0.0305. The summed E-state index contributed by atoms with van der Waals surface area (Å²) in [5, 5.41) is 13.4. The van der Waals surface area contributed by atoms with Crippen LogP contribution in [0.5, 0.6) is 11.5 Å². The number of nitrogens with zero attached hydrogens (tertiary/aromatic N) is 1. The number of nitrogens with one attached hydrogen (secondary N) is 2. The second-order valence-corrected chi connectivity index (χ2v) is 9.40. The lowest BCUT2D eigenvalue weighted by molar-refractivity contribution is -0.907. The van der Waals surface area contributed by atoms with Gasteiger partial charge in [-0.25, -0.2) is 0 Å². The summed E-state index contributed by atoms with van der Waals surface area (Å²) in [6.45, 7) is 4.29. The van der Waals surface area contributed by atoms with Crippen LogP contribution in [-0.4, -0.2) is 33.2 Å². The van der Waals surface area contributed by atoms with Gasteiger partial charge in [0.15, 0.2) is 18.0 Å². The number of rotatable bonds is 5. The molecule has 6 nitrogen and oxygen atoms in total. The normalized spacial score (nSPS) is 19.9. The third kappa shape index (κ3) is 4.03. The highest BCUT2D eigenvalue weighted by atomic mass is 32.1. The summed E-state index contributed by atoms with van der Waals surface area (Å²) in [5.41, 5.74) is 4.27. The molecule has 7 heteroatoms. The van der Waals surface area contributed by atoms with Gasteiger partial charge < -0.3 is 19.7 Å². The number of quaternary nitrogens is 1. The first-order valence-electron chi connectivity index (χ1n) is 10.4. The number of amides is 1. The topological polar surface area (TPSA) is 75.8 Å². The maximum absolute atomic E-state index is 12.8. The van der Waals surface area contributed by atoms with Crippen molar-refractivity contribution < 1.29 is 19.2 Å². The minimum atomic E-state index is -0.0305. The van der Waals surface area contributed by atoms with E-state index in [2.05, 4.69) is 18.3 Å². The number of thiophene rings is 1. The molecule has 2 N–H and O–H groups in total. The number of hydrogen-bond donors (Lipinski definition) is 2. The maximum atomic E-state index is 12.8. The predicted octanol–water partition coefficient (Wildman–Crippen LogP) is 2.34. The molecule has 2 aromatic rings. The van der Waals surface area contributed by atoms with Crippen molar-refractivity contribution in [2.75, 3.05) is 32.6 Å². The number of carbonyl (C=O) groups excluding carboxylic acids is 1. The molecule has 0 radical (unpaired) electrons. The standard InChI is InChI=1S/C23H27N3O3S/c1-14-4-5-17-18(11-24)23(30-21(17)8-14)25-22(27)13-26-7-6-15-9-19(28-2)20(29-3)10-16(15)12-26/h9-10,14H,4-8,12-13H2,1-3H3,(H,25,27)/p+1/t14-/m0/s1. The van der Waals surface area contributed by atoms with Crippen molar-refractivity contribution >= 4 is 22.2 Å². The number of hydrogen-bond acceptors (Lipinski definition) is 5. The van der Waals surface area contributed by atoms with E-state index in [1.54, 1.807) is 25.6 Å². The van der Waals surface area contributed by atoms with Crippen LogP contribution >= 0.6 is 11.3 Å². The van der Waals surface area contributed by atoms with Gasteiger partial charge in [-0.3, -0.25) is 4.79 Å². The van der Waals surface area contributed by atoms with Crippen molar-refractivity contribution in [3.8, 4) is 17.6 Å². The molecule has 0 spiro atoms. The van der Waals surface area contributed by atoms with E-state index in [0.717, 1.165) is 60.8 Å². The molecular formula is C23H28N3O3S+. The van der Waals surface area contributed by atoms with Crippen LogP contribution in [-0.2, 0) is 30.6 Å². The predicted molar refractivity (Wildman–Crippen MR) is 117 cm³/mol. The summed E-state index contributed by atoms with van der Waals surface area (Å²) in [5.74, 6) is 2.08. The molecule has 2 atom stereocenters. The van der Waals surface area contributed by atoms with Crippen LogP contribution in [0, 0.1) is 17.2 Å². The van der Waals surface area contributed by atoms with Gasteiger partial charge in [-0.05, 0) is 48.4 Å². The van der Waals surface area contributed by atoms with Crippen molar-refractivity contribution in [3.63, 3.8) is 0 Å². The first-order chi connectivity index (χ1) is 14.5. The van der Waals surface area contributed by atoms with Gasteiger partial charge in [-0.2, -0.15) is 5.26 Å². The average Bonchev–Trinajstić information content (AvgIpc) is 3.08. The Kier molecular flexibility index (Phi) is 5.98. The van der Waals surface area contributed by atoms with Gasteiger partial charge in [0.2, 0.25) is 0 Å². The Morgan fingerprint density at radius 1 is 1.27 bits per heavy atom. The van der Waals surface area contributed by atoms with Gasteiger partial charge >= 0.3 is 0 Å². The quantitative estimate of drug-likeness (QED) is 0.770. The Morgan fingerprint density at radius 3 is 2.70 bits per heavy atom. The molecule has 2 heterocycles. The number of fused-ring (bicyclic) bond motifs is 2. The van der Waals surface area contributed by atoms with Gasteiger partial charge in [0.05, 0.1) is 26.3 Å². The maximum Gasteiger partial charge on any atom is 0.280 e. The lowest BCUT2D eigenvalue weighted by Crippen LogP contribution is -3.12. The molecule has 0 bridgehead atoms. The zero-order valence-electron chi connectivity index (χ0n) is 17.8. The molecule has 1 unspecified atom stereocenters. The van der Waals surface area contributed by atoms with E-state index >= 15 is 0 Å². The number of methoxy groups -OCH3 is 2. The first-order valence-corrected chi connectivity index (χ1v) is 11.3. The van der Waals surface area contributed by atoms with Crippen molar-refractivity contribution in [1.82, 2.24) is 0 Å². The number of nitriles is 1.